The van der Waals surface area contributed by atoms with Crippen LogP contribution in [0.15, 0.2) is 30.9 Å². The van der Waals surface area contributed by atoms with Gasteiger partial charge in [0.25, 0.3) is 5.69 Å². The minimum Gasteiger partial charge on any atom is -0.505 e. The summed E-state index contributed by atoms with van der Waals surface area (Å²) in [6.07, 6.45) is 2.62. The second kappa shape index (κ2) is 5.34. The molecule has 1 aromatic carbocycles. The van der Waals surface area contributed by atoms with Crippen molar-refractivity contribution in [2.75, 3.05) is 5.32 Å². The fourth-order valence-corrected chi connectivity index (χ4v) is 1.57. The Labute approximate surface area is 113 Å². The molecule has 104 valence electrons. The number of nitrogens with one attached hydrogen (secondary N) is 1. The first-order chi connectivity index (χ1) is 9.50. The first-order valence-corrected chi connectivity index (χ1v) is 5.62. The Bertz CT molecular complexity index is 640. The molecule has 1 unspecified atom stereocenters. The summed E-state index contributed by atoms with van der Waals surface area (Å²) in [5.74, 6) is -0.932. The highest BCUT2D eigenvalue weighted by Gasteiger charge is 2.23. The number of nitrogens with zero attached hydrogens (tertiary/aromatic N) is 4. The molecule has 0 fully saturated rings. The predicted octanol–water partition coefficient (Wildman–Crippen LogP) is 1.09. The van der Waals surface area contributed by atoms with E-state index in [1.807, 2.05) is 0 Å². The molecule has 1 atom stereocenters. The molecule has 0 aliphatic rings. The number of rotatable bonds is 4. The van der Waals surface area contributed by atoms with Gasteiger partial charge >= 0.3 is 0 Å². The molecule has 1 heterocycles. The zero-order valence-electron chi connectivity index (χ0n) is 10.4. The molecular weight excluding hydrogens is 266 g/mol. The Hall–Kier alpha value is -2.97. The molecule has 1 amide bonds. The first-order valence-electron chi connectivity index (χ1n) is 5.62. The molecule has 0 saturated heterocycles. The largest absolute Gasteiger partial charge is 0.505 e. The van der Waals surface area contributed by atoms with Crippen molar-refractivity contribution in [3.63, 3.8) is 0 Å². The van der Waals surface area contributed by atoms with E-state index in [0.29, 0.717) is 0 Å². The van der Waals surface area contributed by atoms with Gasteiger partial charge in [-0.3, -0.25) is 14.9 Å². The average Bonchev–Trinajstić information content (AvgIpc) is 2.93. The van der Waals surface area contributed by atoms with Gasteiger partial charge in [-0.1, -0.05) is 6.07 Å². The molecule has 0 radical (unpaired) electrons. The Morgan fingerprint density at radius 1 is 1.55 bits per heavy atom. The van der Waals surface area contributed by atoms with Crippen molar-refractivity contribution in [3.05, 3.63) is 41.0 Å². The summed E-state index contributed by atoms with van der Waals surface area (Å²) in [7, 11) is 0. The van der Waals surface area contributed by atoms with Gasteiger partial charge in [0.05, 0.1) is 4.92 Å². The van der Waals surface area contributed by atoms with Gasteiger partial charge in [-0.15, -0.1) is 0 Å². The van der Waals surface area contributed by atoms with Gasteiger partial charge in [-0.25, -0.2) is 9.67 Å². The number of benzene rings is 1. The first kappa shape index (κ1) is 13.5. The standard InChI is InChI=1S/C11H11N5O4/c1-7(15-6-12-5-13-15)11(18)14-10-8(16(19)20)3-2-4-9(10)17/h2-7,17H,1H3,(H,14,18). The van der Waals surface area contributed by atoms with E-state index in [0.717, 1.165) is 0 Å². The van der Waals surface area contributed by atoms with Crippen LogP contribution in [0.1, 0.15) is 13.0 Å². The molecule has 9 heteroatoms. The molecule has 9 nitrogen and oxygen atoms in total. The zero-order chi connectivity index (χ0) is 14.7. The third-order valence-electron chi connectivity index (χ3n) is 2.68. The third-order valence-corrected chi connectivity index (χ3v) is 2.68. The van der Waals surface area contributed by atoms with Crippen LogP contribution in [0.2, 0.25) is 0 Å². The van der Waals surface area contributed by atoms with Gasteiger partial charge in [0.2, 0.25) is 5.91 Å². The van der Waals surface area contributed by atoms with E-state index in [4.69, 9.17) is 0 Å². The quantitative estimate of drug-likeness (QED) is 0.490. The second-order valence-electron chi connectivity index (χ2n) is 3.97. The van der Waals surface area contributed by atoms with Crippen molar-refractivity contribution in [1.82, 2.24) is 14.8 Å². The van der Waals surface area contributed by atoms with Crippen LogP contribution in [0.4, 0.5) is 11.4 Å². The van der Waals surface area contributed by atoms with Gasteiger partial charge < -0.3 is 10.4 Å². The average molecular weight is 277 g/mol. The molecule has 0 aliphatic carbocycles. The molecular formula is C11H11N5O4. The number of aromatic nitrogens is 3. The summed E-state index contributed by atoms with van der Waals surface area (Å²) in [6.45, 7) is 1.55. The van der Waals surface area contributed by atoms with E-state index in [1.54, 1.807) is 6.92 Å². The molecule has 0 bridgehead atoms. The fraction of sp³-hybridized carbons (Fsp3) is 0.182. The van der Waals surface area contributed by atoms with E-state index < -0.39 is 16.9 Å². The monoisotopic (exact) mass is 277 g/mol. The summed E-state index contributed by atoms with van der Waals surface area (Å²) in [5.41, 5.74) is -0.626. The molecule has 0 spiro atoms. The summed E-state index contributed by atoms with van der Waals surface area (Å²) in [6, 6.07) is 3.04. The van der Waals surface area contributed by atoms with E-state index in [-0.39, 0.29) is 17.1 Å². The van der Waals surface area contributed by atoms with E-state index in [2.05, 4.69) is 15.4 Å². The van der Waals surface area contributed by atoms with Crippen LogP contribution in [-0.4, -0.2) is 30.7 Å². The molecule has 20 heavy (non-hydrogen) atoms. The van der Waals surface area contributed by atoms with Crippen molar-refractivity contribution in [2.45, 2.75) is 13.0 Å². The third kappa shape index (κ3) is 2.55. The number of phenolic OH excluding ortho intramolecular Hbond substituents is 1. The topological polar surface area (TPSA) is 123 Å². The number of nitro groups is 1. The van der Waals surface area contributed by atoms with Gasteiger partial charge in [0, 0.05) is 6.07 Å². The summed E-state index contributed by atoms with van der Waals surface area (Å²) in [5, 5.41) is 26.7. The van der Waals surface area contributed by atoms with Gasteiger partial charge in [0.1, 0.15) is 24.4 Å². The number of amides is 1. The molecule has 0 aliphatic heterocycles. The van der Waals surface area contributed by atoms with Gasteiger partial charge in [0.15, 0.2) is 5.69 Å². The number of carbonyl (C=O) groups excluding carboxylic acids is 1. The van der Waals surface area contributed by atoms with Crippen LogP contribution in [0.3, 0.4) is 0 Å². The highest BCUT2D eigenvalue weighted by atomic mass is 16.6. The van der Waals surface area contributed by atoms with E-state index >= 15 is 0 Å². The minimum atomic E-state index is -0.725. The number of carbonyl (C=O) groups is 1. The minimum absolute atomic E-state index is 0.241. The van der Waals surface area contributed by atoms with Crippen LogP contribution < -0.4 is 5.32 Å². The van der Waals surface area contributed by atoms with Crippen molar-refractivity contribution in [3.8, 4) is 5.75 Å². The maximum Gasteiger partial charge on any atom is 0.296 e. The maximum absolute atomic E-state index is 12.0. The van der Waals surface area contributed by atoms with Crippen LogP contribution in [0.5, 0.6) is 5.75 Å². The van der Waals surface area contributed by atoms with Crippen molar-refractivity contribution >= 4 is 17.3 Å². The smallest absolute Gasteiger partial charge is 0.296 e. The summed E-state index contributed by atoms with van der Waals surface area (Å²) < 4.78 is 1.29. The Balaban J connectivity index is 2.26. The van der Waals surface area contributed by atoms with Crippen molar-refractivity contribution in [1.29, 1.82) is 0 Å². The highest BCUT2D eigenvalue weighted by molar-refractivity contribution is 5.97. The Morgan fingerprint density at radius 2 is 2.30 bits per heavy atom. The lowest BCUT2D eigenvalue weighted by molar-refractivity contribution is -0.384. The molecule has 1 aromatic heterocycles. The van der Waals surface area contributed by atoms with Crippen LogP contribution in [0, 0.1) is 10.1 Å². The van der Waals surface area contributed by atoms with E-state index in [1.165, 1.54) is 35.5 Å². The lowest BCUT2D eigenvalue weighted by atomic mass is 10.2. The number of phenols is 1. The molecule has 2 rings (SSSR count). The predicted molar refractivity (Wildman–Crippen MR) is 68.1 cm³/mol. The van der Waals surface area contributed by atoms with E-state index in [9.17, 15) is 20.0 Å². The maximum atomic E-state index is 12.0. The van der Waals surface area contributed by atoms with Gasteiger partial charge in [-0.05, 0) is 13.0 Å². The second-order valence-corrected chi connectivity index (χ2v) is 3.97. The number of nitro benzene ring substituents is 1. The summed E-state index contributed by atoms with van der Waals surface area (Å²) in [4.78, 5) is 25.9. The normalized spacial score (nSPS) is 11.8. The van der Waals surface area contributed by atoms with Crippen LogP contribution in [0.25, 0.3) is 0 Å². The Morgan fingerprint density at radius 3 is 2.90 bits per heavy atom. The zero-order valence-corrected chi connectivity index (χ0v) is 10.4. The Kier molecular flexibility index (Phi) is 3.60. The number of anilines is 1. The number of aromatic hydroxyl groups is 1. The highest BCUT2D eigenvalue weighted by Crippen LogP contribution is 2.33. The van der Waals surface area contributed by atoms with Crippen LogP contribution in [-0.2, 0) is 4.79 Å². The fourth-order valence-electron chi connectivity index (χ4n) is 1.57. The van der Waals surface area contributed by atoms with Crippen molar-refractivity contribution < 1.29 is 14.8 Å². The lowest BCUT2D eigenvalue weighted by Crippen LogP contribution is -2.24. The number of hydrogen-bond donors (Lipinski definition) is 2. The van der Waals surface area contributed by atoms with Crippen LogP contribution >= 0.6 is 0 Å². The molecule has 2 N–H and O–H groups in total. The molecule has 2 aromatic rings. The van der Waals surface area contributed by atoms with Gasteiger partial charge in [-0.2, -0.15) is 5.10 Å². The lowest BCUT2D eigenvalue weighted by Gasteiger charge is -2.12. The molecule has 0 saturated carbocycles. The number of hydrogen-bond acceptors (Lipinski definition) is 6. The van der Waals surface area contributed by atoms with Crippen molar-refractivity contribution in [2.24, 2.45) is 0 Å². The summed E-state index contributed by atoms with van der Waals surface area (Å²) >= 11 is 0. The SMILES string of the molecule is CC(C(=O)Nc1c(O)cccc1[N+](=O)[O-])n1cncn1. The number of para-hydroxylation sites is 1.